The van der Waals surface area contributed by atoms with Gasteiger partial charge in [0, 0.05) is 27.9 Å². The number of aromatic nitrogens is 3. The lowest BCUT2D eigenvalue weighted by atomic mass is 9.88. The summed E-state index contributed by atoms with van der Waals surface area (Å²) in [4.78, 5) is 17.0. The molecule has 1 amide bonds. The van der Waals surface area contributed by atoms with E-state index in [1.165, 1.54) is 24.5 Å². The number of rotatable bonds is 3. The third-order valence-corrected chi connectivity index (χ3v) is 5.69. The Bertz CT molecular complexity index is 1320. The Hall–Kier alpha value is -3.29. The summed E-state index contributed by atoms with van der Waals surface area (Å²) in [5.41, 5.74) is 4.32. The highest BCUT2D eigenvalue weighted by molar-refractivity contribution is 6.31. The molecule has 30 heavy (non-hydrogen) atoms. The first-order valence-electron chi connectivity index (χ1n) is 9.34. The standard InChI is InChI=1S/C22H16ClFN4O2/c1-11(29)15-6-13(12-2-5-19-25-10-26-28(19)9-12)7-17-20(15)21(27-22(17)30)16-8-14(24)3-4-18(16)23/h2-11,21,29H,1H3,(H,27,30). The van der Waals surface area contributed by atoms with Crippen LogP contribution in [0.5, 0.6) is 0 Å². The summed E-state index contributed by atoms with van der Waals surface area (Å²) in [6.07, 6.45) is 2.42. The number of hydrogen-bond donors (Lipinski definition) is 2. The van der Waals surface area contributed by atoms with Gasteiger partial charge in [-0.25, -0.2) is 13.9 Å². The van der Waals surface area contributed by atoms with Crippen molar-refractivity contribution >= 4 is 23.2 Å². The maximum absolute atomic E-state index is 13.9. The zero-order valence-electron chi connectivity index (χ0n) is 15.8. The minimum absolute atomic E-state index is 0.305. The van der Waals surface area contributed by atoms with E-state index in [0.29, 0.717) is 32.9 Å². The summed E-state index contributed by atoms with van der Waals surface area (Å²) >= 11 is 6.30. The molecular formula is C22H16ClFN4O2. The van der Waals surface area contributed by atoms with Gasteiger partial charge in [0.2, 0.25) is 0 Å². The number of nitrogens with zero attached hydrogens (tertiary/aromatic N) is 3. The third-order valence-electron chi connectivity index (χ3n) is 5.35. The first-order valence-corrected chi connectivity index (χ1v) is 9.71. The van der Waals surface area contributed by atoms with Gasteiger partial charge in [-0.2, -0.15) is 5.10 Å². The number of amides is 1. The second-order valence-corrected chi connectivity index (χ2v) is 7.66. The van der Waals surface area contributed by atoms with E-state index in [9.17, 15) is 14.3 Å². The van der Waals surface area contributed by atoms with Crippen LogP contribution in [0.1, 0.15) is 46.1 Å². The number of halogens is 2. The molecule has 3 heterocycles. The SMILES string of the molecule is CC(O)c1cc(-c2ccc3ncnn3c2)cc2c1C(c1cc(F)ccc1Cl)NC2=O. The maximum Gasteiger partial charge on any atom is 0.252 e. The number of benzene rings is 2. The molecule has 0 saturated carbocycles. The number of hydrogen-bond acceptors (Lipinski definition) is 4. The average Bonchev–Trinajstić information content (AvgIpc) is 3.33. The number of aliphatic hydroxyl groups excluding tert-OH is 1. The molecule has 2 atom stereocenters. The van der Waals surface area contributed by atoms with Crippen molar-refractivity contribution in [3.63, 3.8) is 0 Å². The Balaban J connectivity index is 1.71. The van der Waals surface area contributed by atoms with Crippen LogP contribution in [0.15, 0.2) is 55.0 Å². The summed E-state index contributed by atoms with van der Waals surface area (Å²) in [6.45, 7) is 1.63. The summed E-state index contributed by atoms with van der Waals surface area (Å²) < 4.78 is 15.5. The van der Waals surface area contributed by atoms with E-state index in [1.54, 1.807) is 17.5 Å². The Labute approximate surface area is 175 Å². The molecule has 1 aliphatic heterocycles. The van der Waals surface area contributed by atoms with Gasteiger partial charge in [0.05, 0.1) is 12.1 Å². The molecule has 2 aromatic carbocycles. The van der Waals surface area contributed by atoms with E-state index in [1.807, 2.05) is 24.4 Å². The number of carbonyl (C=O) groups is 1. The van der Waals surface area contributed by atoms with Crippen molar-refractivity contribution in [1.82, 2.24) is 19.9 Å². The van der Waals surface area contributed by atoms with Crippen LogP contribution in [0.2, 0.25) is 5.02 Å². The number of aliphatic hydroxyl groups is 1. The molecule has 4 aromatic rings. The van der Waals surface area contributed by atoms with Crippen LogP contribution in [0.25, 0.3) is 16.8 Å². The van der Waals surface area contributed by atoms with Crippen molar-refractivity contribution in [2.45, 2.75) is 19.1 Å². The van der Waals surface area contributed by atoms with Crippen LogP contribution in [-0.4, -0.2) is 25.6 Å². The Morgan fingerprint density at radius 1 is 1.20 bits per heavy atom. The Kier molecular flexibility index (Phi) is 4.30. The Morgan fingerprint density at radius 2 is 2.03 bits per heavy atom. The van der Waals surface area contributed by atoms with Gasteiger partial charge < -0.3 is 10.4 Å². The zero-order chi connectivity index (χ0) is 21.0. The van der Waals surface area contributed by atoms with Crippen LogP contribution in [0, 0.1) is 5.82 Å². The molecule has 6 nitrogen and oxygen atoms in total. The normalized spacial score (nSPS) is 16.5. The second-order valence-electron chi connectivity index (χ2n) is 7.26. The van der Waals surface area contributed by atoms with Gasteiger partial charge in [-0.15, -0.1) is 0 Å². The molecule has 5 rings (SSSR count). The maximum atomic E-state index is 13.9. The van der Waals surface area contributed by atoms with E-state index in [2.05, 4.69) is 15.4 Å². The molecule has 2 N–H and O–H groups in total. The number of nitrogens with one attached hydrogen (secondary N) is 1. The molecule has 0 aliphatic carbocycles. The van der Waals surface area contributed by atoms with E-state index < -0.39 is 18.0 Å². The molecule has 8 heteroatoms. The van der Waals surface area contributed by atoms with Crippen LogP contribution in [0.4, 0.5) is 4.39 Å². The molecular weight excluding hydrogens is 407 g/mol. The van der Waals surface area contributed by atoms with Gasteiger partial charge in [-0.1, -0.05) is 11.6 Å². The minimum atomic E-state index is -0.851. The topological polar surface area (TPSA) is 79.5 Å². The quantitative estimate of drug-likeness (QED) is 0.521. The van der Waals surface area contributed by atoms with E-state index >= 15 is 0 Å². The molecule has 0 saturated heterocycles. The van der Waals surface area contributed by atoms with Crippen molar-refractivity contribution in [1.29, 1.82) is 0 Å². The van der Waals surface area contributed by atoms with Gasteiger partial charge in [0.15, 0.2) is 5.65 Å². The van der Waals surface area contributed by atoms with Crippen molar-refractivity contribution in [2.75, 3.05) is 0 Å². The van der Waals surface area contributed by atoms with Crippen molar-refractivity contribution in [2.24, 2.45) is 0 Å². The fourth-order valence-electron chi connectivity index (χ4n) is 3.94. The fourth-order valence-corrected chi connectivity index (χ4v) is 4.16. The highest BCUT2D eigenvalue weighted by atomic mass is 35.5. The van der Waals surface area contributed by atoms with Crippen LogP contribution < -0.4 is 5.32 Å². The summed E-state index contributed by atoms with van der Waals surface area (Å²) in [7, 11) is 0. The predicted octanol–water partition coefficient (Wildman–Crippen LogP) is 4.07. The molecule has 150 valence electrons. The zero-order valence-corrected chi connectivity index (χ0v) is 16.6. The van der Waals surface area contributed by atoms with Gasteiger partial charge >= 0.3 is 0 Å². The average molecular weight is 423 g/mol. The lowest BCUT2D eigenvalue weighted by Gasteiger charge is -2.20. The van der Waals surface area contributed by atoms with Gasteiger partial charge in [0.1, 0.15) is 12.1 Å². The number of fused-ring (bicyclic) bond motifs is 2. The van der Waals surface area contributed by atoms with Gasteiger partial charge in [-0.05, 0) is 66.1 Å². The molecule has 2 unspecified atom stereocenters. The smallest absolute Gasteiger partial charge is 0.252 e. The first kappa shape index (κ1) is 18.7. The fraction of sp³-hybridized carbons (Fsp3) is 0.136. The largest absolute Gasteiger partial charge is 0.389 e. The summed E-state index contributed by atoms with van der Waals surface area (Å²) in [6, 6.07) is 10.7. The van der Waals surface area contributed by atoms with Gasteiger partial charge in [0.25, 0.3) is 5.91 Å². The highest BCUT2D eigenvalue weighted by Gasteiger charge is 2.35. The van der Waals surface area contributed by atoms with Crippen LogP contribution >= 0.6 is 11.6 Å². The van der Waals surface area contributed by atoms with Crippen LogP contribution in [0.3, 0.4) is 0 Å². The van der Waals surface area contributed by atoms with Crippen molar-refractivity contribution < 1.29 is 14.3 Å². The monoisotopic (exact) mass is 422 g/mol. The van der Waals surface area contributed by atoms with Crippen LogP contribution in [-0.2, 0) is 0 Å². The molecule has 1 aliphatic rings. The van der Waals surface area contributed by atoms with E-state index in [0.717, 1.165) is 11.1 Å². The number of carbonyl (C=O) groups excluding carboxylic acids is 1. The second kappa shape index (κ2) is 6.90. The molecule has 0 bridgehead atoms. The molecule has 0 spiro atoms. The summed E-state index contributed by atoms with van der Waals surface area (Å²) in [5, 5.41) is 17.9. The number of pyridine rings is 1. The lowest BCUT2D eigenvalue weighted by molar-refractivity contribution is 0.0960. The highest BCUT2D eigenvalue weighted by Crippen LogP contribution is 2.41. The molecule has 0 fully saturated rings. The molecule has 0 radical (unpaired) electrons. The lowest BCUT2D eigenvalue weighted by Crippen LogP contribution is -2.20. The van der Waals surface area contributed by atoms with Crippen molar-refractivity contribution in [3.05, 3.63) is 88.1 Å². The van der Waals surface area contributed by atoms with E-state index in [-0.39, 0.29) is 5.91 Å². The molecule has 2 aromatic heterocycles. The third kappa shape index (κ3) is 2.94. The first-order chi connectivity index (χ1) is 14.4. The minimum Gasteiger partial charge on any atom is -0.389 e. The van der Waals surface area contributed by atoms with Gasteiger partial charge in [-0.3, -0.25) is 4.79 Å². The van der Waals surface area contributed by atoms with E-state index in [4.69, 9.17) is 11.6 Å². The van der Waals surface area contributed by atoms with Crippen molar-refractivity contribution in [3.8, 4) is 11.1 Å². The predicted molar refractivity (Wildman–Crippen MR) is 110 cm³/mol. The Morgan fingerprint density at radius 3 is 2.83 bits per heavy atom. The summed E-state index contributed by atoms with van der Waals surface area (Å²) in [5.74, 6) is -0.755.